The van der Waals surface area contributed by atoms with Crippen LogP contribution in [0.5, 0.6) is 5.75 Å². The molecule has 2 heterocycles. The van der Waals surface area contributed by atoms with E-state index in [0.717, 1.165) is 19.4 Å². The summed E-state index contributed by atoms with van der Waals surface area (Å²) in [6, 6.07) is 4.95. The van der Waals surface area contributed by atoms with E-state index >= 15 is 0 Å². The topological polar surface area (TPSA) is 94.1 Å². The zero-order valence-corrected chi connectivity index (χ0v) is 14.3. The van der Waals surface area contributed by atoms with E-state index in [1.165, 1.54) is 0 Å². The molecular weight excluding hydrogens is 350 g/mol. The normalized spacial score (nSPS) is 25.7. The molecule has 1 unspecified atom stereocenters. The highest BCUT2D eigenvalue weighted by Gasteiger charge is 2.35. The Labute approximate surface area is 150 Å². The second-order valence-electron chi connectivity index (χ2n) is 6.10. The predicted octanol–water partition coefficient (Wildman–Crippen LogP) is 2.47. The minimum atomic E-state index is -1.06. The highest BCUT2D eigenvalue weighted by Crippen LogP contribution is 2.30. The van der Waals surface area contributed by atoms with Gasteiger partial charge in [-0.15, -0.1) is 0 Å². The second-order valence-corrected chi connectivity index (χ2v) is 6.54. The molecule has 2 fully saturated rings. The number of benzene rings is 1. The van der Waals surface area contributed by atoms with Gasteiger partial charge in [-0.2, -0.15) is 0 Å². The van der Waals surface area contributed by atoms with Crippen LogP contribution in [0.3, 0.4) is 0 Å². The Morgan fingerprint density at radius 3 is 2.76 bits per heavy atom. The summed E-state index contributed by atoms with van der Waals surface area (Å²) in [5.41, 5.74) is 0.429. The minimum Gasteiger partial charge on any atom is -0.489 e. The lowest BCUT2D eigenvalue weighted by Crippen LogP contribution is -2.30. The molecule has 2 aliphatic heterocycles. The number of hydrogen-bond donors (Lipinski definition) is 2. The Bertz CT molecular complexity index is 646. The lowest BCUT2D eigenvalue weighted by molar-refractivity contribution is -0.150. The summed E-state index contributed by atoms with van der Waals surface area (Å²) < 4.78 is 16.5. The Kier molecular flexibility index (Phi) is 5.78. The summed E-state index contributed by atoms with van der Waals surface area (Å²) in [4.78, 5) is 23.3. The first-order valence-corrected chi connectivity index (χ1v) is 8.64. The summed E-state index contributed by atoms with van der Waals surface area (Å²) in [5.74, 6) is -0.979. The molecule has 3 atom stereocenters. The van der Waals surface area contributed by atoms with Crippen LogP contribution in [0.4, 0.5) is 5.69 Å². The van der Waals surface area contributed by atoms with E-state index in [9.17, 15) is 9.59 Å². The lowest BCUT2D eigenvalue weighted by atomic mass is 10.2. The molecule has 2 saturated heterocycles. The zero-order chi connectivity index (χ0) is 17.8. The van der Waals surface area contributed by atoms with Crippen LogP contribution in [0.15, 0.2) is 18.2 Å². The van der Waals surface area contributed by atoms with Gasteiger partial charge in [-0.3, -0.25) is 4.79 Å². The second kappa shape index (κ2) is 8.03. The molecule has 1 aromatic rings. The molecule has 0 radical (unpaired) electrons. The van der Waals surface area contributed by atoms with Gasteiger partial charge in [-0.25, -0.2) is 4.79 Å². The number of carboxylic acids is 1. The van der Waals surface area contributed by atoms with Crippen LogP contribution in [-0.4, -0.2) is 48.5 Å². The molecule has 0 aliphatic carbocycles. The minimum absolute atomic E-state index is 0.0497. The number of carbonyl (C=O) groups is 2. The van der Waals surface area contributed by atoms with Crippen molar-refractivity contribution in [3.8, 4) is 5.75 Å². The predicted molar refractivity (Wildman–Crippen MR) is 90.1 cm³/mol. The smallest absolute Gasteiger partial charge is 0.332 e. The zero-order valence-electron chi connectivity index (χ0n) is 13.6. The average Bonchev–Trinajstić information content (AvgIpc) is 3.26. The molecule has 1 aromatic carbocycles. The van der Waals surface area contributed by atoms with Gasteiger partial charge in [0.25, 0.3) is 5.91 Å². The number of rotatable bonds is 6. The molecule has 2 aliphatic rings. The Balaban J connectivity index is 1.63. The van der Waals surface area contributed by atoms with Gasteiger partial charge in [0.05, 0.1) is 11.8 Å². The molecule has 0 spiro atoms. The first-order valence-electron chi connectivity index (χ1n) is 8.26. The Morgan fingerprint density at radius 1 is 1.28 bits per heavy atom. The van der Waals surface area contributed by atoms with Crippen LogP contribution in [-0.2, 0) is 19.1 Å². The van der Waals surface area contributed by atoms with Gasteiger partial charge in [-0.1, -0.05) is 11.6 Å². The summed E-state index contributed by atoms with van der Waals surface area (Å²) in [5, 5.41) is 12.1. The van der Waals surface area contributed by atoms with Crippen LogP contribution in [0.2, 0.25) is 5.02 Å². The quantitative estimate of drug-likeness (QED) is 0.800. The number of halogens is 1. The third kappa shape index (κ3) is 4.62. The molecule has 8 heteroatoms. The fourth-order valence-electron chi connectivity index (χ4n) is 2.91. The van der Waals surface area contributed by atoms with Crippen molar-refractivity contribution in [2.75, 3.05) is 18.5 Å². The molecule has 1 amide bonds. The van der Waals surface area contributed by atoms with Gasteiger partial charge in [-0.05, 0) is 43.9 Å². The average molecular weight is 370 g/mol. The van der Waals surface area contributed by atoms with Crippen LogP contribution in [0, 0.1) is 0 Å². The number of ether oxygens (including phenoxy) is 3. The molecule has 7 nitrogen and oxygen atoms in total. The van der Waals surface area contributed by atoms with Crippen LogP contribution in [0.25, 0.3) is 0 Å². The monoisotopic (exact) mass is 369 g/mol. The van der Waals surface area contributed by atoms with E-state index in [2.05, 4.69) is 5.32 Å². The van der Waals surface area contributed by atoms with Gasteiger partial charge < -0.3 is 24.6 Å². The van der Waals surface area contributed by atoms with Gasteiger partial charge in [0, 0.05) is 11.6 Å². The molecule has 25 heavy (non-hydrogen) atoms. The number of amides is 1. The molecule has 2 N–H and O–H groups in total. The maximum atomic E-state index is 12.4. The van der Waals surface area contributed by atoms with E-state index in [-0.39, 0.29) is 6.10 Å². The van der Waals surface area contributed by atoms with Crippen molar-refractivity contribution in [3.63, 3.8) is 0 Å². The number of hydrogen-bond acceptors (Lipinski definition) is 5. The van der Waals surface area contributed by atoms with E-state index in [0.29, 0.717) is 35.9 Å². The summed E-state index contributed by atoms with van der Waals surface area (Å²) >= 11 is 6.01. The van der Waals surface area contributed by atoms with Gasteiger partial charge in [0.15, 0.2) is 6.10 Å². The number of aliphatic carboxylic acids is 1. The van der Waals surface area contributed by atoms with Gasteiger partial charge >= 0.3 is 5.97 Å². The van der Waals surface area contributed by atoms with Crippen LogP contribution < -0.4 is 10.1 Å². The van der Waals surface area contributed by atoms with Crippen molar-refractivity contribution in [3.05, 3.63) is 23.2 Å². The summed E-state index contributed by atoms with van der Waals surface area (Å²) in [7, 11) is 0. The third-order valence-corrected chi connectivity index (χ3v) is 4.47. The molecule has 3 rings (SSSR count). The highest BCUT2D eigenvalue weighted by atomic mass is 35.5. The van der Waals surface area contributed by atoms with E-state index < -0.39 is 24.1 Å². The largest absolute Gasteiger partial charge is 0.489 e. The number of carbonyl (C=O) groups excluding carboxylic acids is 1. The molecule has 0 saturated carbocycles. The summed E-state index contributed by atoms with van der Waals surface area (Å²) in [6.45, 7) is 1.13. The van der Waals surface area contributed by atoms with E-state index in [4.69, 9.17) is 30.9 Å². The van der Waals surface area contributed by atoms with E-state index in [1.54, 1.807) is 18.2 Å². The van der Waals surface area contributed by atoms with Crippen molar-refractivity contribution < 1.29 is 28.9 Å². The van der Waals surface area contributed by atoms with Crippen molar-refractivity contribution in [2.24, 2.45) is 0 Å². The van der Waals surface area contributed by atoms with Gasteiger partial charge in [0.1, 0.15) is 18.5 Å². The molecular formula is C17H20ClNO6. The van der Waals surface area contributed by atoms with Crippen LogP contribution >= 0.6 is 11.6 Å². The van der Waals surface area contributed by atoms with Crippen LogP contribution in [0.1, 0.15) is 25.7 Å². The number of nitrogens with one attached hydrogen (secondary N) is 1. The van der Waals surface area contributed by atoms with E-state index in [1.807, 2.05) is 0 Å². The summed E-state index contributed by atoms with van der Waals surface area (Å²) in [6.07, 6.45) is 0.940. The Hall–Kier alpha value is -1.83. The number of anilines is 1. The molecule has 0 aromatic heterocycles. The Morgan fingerprint density at radius 2 is 2.08 bits per heavy atom. The molecule has 136 valence electrons. The first-order chi connectivity index (χ1) is 12.0. The highest BCUT2D eigenvalue weighted by molar-refractivity contribution is 6.31. The maximum Gasteiger partial charge on any atom is 0.332 e. The molecule has 0 bridgehead atoms. The fraction of sp³-hybridized carbons (Fsp3) is 0.529. The first kappa shape index (κ1) is 18.0. The lowest BCUT2D eigenvalue weighted by Gasteiger charge is -2.17. The van der Waals surface area contributed by atoms with Crippen molar-refractivity contribution in [1.82, 2.24) is 0 Å². The van der Waals surface area contributed by atoms with Crippen molar-refractivity contribution in [1.29, 1.82) is 0 Å². The number of carboxylic acid groups (broad SMARTS) is 1. The van der Waals surface area contributed by atoms with Gasteiger partial charge in [0.2, 0.25) is 0 Å². The van der Waals surface area contributed by atoms with Crippen molar-refractivity contribution >= 4 is 29.2 Å². The SMILES string of the molecule is O=C(Nc1cc(Cl)ccc1OCC1CCCO1)[C@@H]1CC[C@H](C(=O)O)O1. The maximum absolute atomic E-state index is 12.4. The standard InChI is InChI=1S/C17H20ClNO6/c18-10-3-4-13(24-9-11-2-1-7-23-11)12(8-10)19-16(20)14-5-6-15(25-14)17(21)22/h3-4,8,11,14-15H,1-2,5-7,9H2,(H,19,20)(H,21,22)/t11?,14-,15+/m0/s1. The third-order valence-electron chi connectivity index (χ3n) is 4.24. The van der Waals surface area contributed by atoms with Crippen molar-refractivity contribution in [2.45, 2.75) is 44.0 Å². The fourth-order valence-corrected chi connectivity index (χ4v) is 3.08.